The number of fused-ring (bicyclic) bond motifs is 2. The molecule has 9 aromatic carbocycles. The van der Waals surface area contributed by atoms with E-state index in [0.717, 1.165) is 26.8 Å². The van der Waals surface area contributed by atoms with Gasteiger partial charge in [-0.3, -0.25) is 0 Å². The fourth-order valence-corrected chi connectivity index (χ4v) is 6.40. The molecule has 0 saturated heterocycles. The number of anilines is 3. The van der Waals surface area contributed by atoms with Crippen LogP contribution in [0, 0.1) is 0 Å². The summed E-state index contributed by atoms with van der Waals surface area (Å²) >= 11 is 0. The van der Waals surface area contributed by atoms with Gasteiger partial charge in [-0.25, -0.2) is 0 Å². The Morgan fingerprint density at radius 3 is 1.47 bits per heavy atom. The van der Waals surface area contributed by atoms with Crippen molar-refractivity contribution in [1.82, 2.24) is 0 Å². The normalized spacial score (nSPS) is 14.4. The second-order valence-corrected chi connectivity index (χ2v) is 12.0. The third-order valence-electron chi connectivity index (χ3n) is 8.88. The summed E-state index contributed by atoms with van der Waals surface area (Å²) < 4.78 is 114. The van der Waals surface area contributed by atoms with Crippen molar-refractivity contribution < 1.29 is 16.4 Å². The predicted molar refractivity (Wildman–Crippen MR) is 218 cm³/mol. The van der Waals surface area contributed by atoms with Crippen molar-refractivity contribution in [2.45, 2.75) is 0 Å². The van der Waals surface area contributed by atoms with Gasteiger partial charge in [-0.2, -0.15) is 0 Å². The van der Waals surface area contributed by atoms with E-state index in [0.29, 0.717) is 27.5 Å². The third-order valence-corrected chi connectivity index (χ3v) is 8.88. The van der Waals surface area contributed by atoms with Gasteiger partial charge in [0.1, 0.15) is 0 Å². The molecule has 0 aliphatic heterocycles. The standard InChI is InChI=1S/C50H35N/c1-2-12-36(13-3-1)41-18-8-19-42(34-41)37-26-30-44(31-27-37)51(45-32-28-40(29-33-45)49-24-10-16-38-14-4-6-22-47(38)49)46-21-9-20-43(35-46)50-25-11-17-39-15-5-7-23-48(39)50/h1-35H/i9D,20D,21D,26D,27D,28D,29D,30D,31D,32D,33D,35D. The Labute approximate surface area is 316 Å². The van der Waals surface area contributed by atoms with E-state index in [9.17, 15) is 13.7 Å². The van der Waals surface area contributed by atoms with Gasteiger partial charge in [-0.15, -0.1) is 0 Å². The first kappa shape index (κ1) is 20.1. The number of benzene rings is 9. The predicted octanol–water partition coefficient (Wildman–Crippen LogP) is 14.1. The molecule has 51 heavy (non-hydrogen) atoms. The van der Waals surface area contributed by atoms with Crippen LogP contribution in [0.15, 0.2) is 212 Å². The maximum atomic E-state index is 9.82. The van der Waals surface area contributed by atoms with Gasteiger partial charge >= 0.3 is 0 Å². The molecule has 0 radical (unpaired) electrons. The molecule has 240 valence electrons. The van der Waals surface area contributed by atoms with Crippen molar-refractivity contribution in [2.75, 3.05) is 4.90 Å². The van der Waals surface area contributed by atoms with E-state index in [1.807, 2.05) is 78.9 Å². The highest BCUT2D eigenvalue weighted by atomic mass is 15.1. The minimum absolute atomic E-state index is 0.0324. The first-order valence-corrected chi connectivity index (χ1v) is 16.5. The molecule has 0 atom stereocenters. The maximum absolute atomic E-state index is 9.82. The van der Waals surface area contributed by atoms with Gasteiger partial charge in [-0.1, -0.05) is 170 Å². The molecule has 0 aliphatic carbocycles. The summed E-state index contributed by atoms with van der Waals surface area (Å²) in [6, 6.07) is 34.7. The molecule has 0 unspecified atom stereocenters. The highest BCUT2D eigenvalue weighted by Gasteiger charge is 2.16. The lowest BCUT2D eigenvalue weighted by molar-refractivity contribution is 1.28. The van der Waals surface area contributed by atoms with Crippen LogP contribution in [0.5, 0.6) is 0 Å². The van der Waals surface area contributed by atoms with E-state index in [-0.39, 0.29) is 16.7 Å². The summed E-state index contributed by atoms with van der Waals surface area (Å²) in [4.78, 5) is 0.898. The fraction of sp³-hybridized carbons (Fsp3) is 0. The monoisotopic (exact) mass is 661 g/mol. The molecule has 0 N–H and O–H groups in total. The van der Waals surface area contributed by atoms with Crippen LogP contribution in [-0.4, -0.2) is 0 Å². The van der Waals surface area contributed by atoms with E-state index < -0.39 is 89.6 Å². The lowest BCUT2D eigenvalue weighted by Crippen LogP contribution is -2.10. The molecule has 0 aliphatic rings. The van der Waals surface area contributed by atoms with Crippen LogP contribution in [0.1, 0.15) is 16.4 Å². The fourth-order valence-electron chi connectivity index (χ4n) is 6.40. The first-order valence-electron chi connectivity index (χ1n) is 22.5. The second-order valence-electron chi connectivity index (χ2n) is 12.0. The van der Waals surface area contributed by atoms with Gasteiger partial charge in [0.15, 0.2) is 0 Å². The average molecular weight is 662 g/mol. The van der Waals surface area contributed by atoms with E-state index in [2.05, 4.69) is 0 Å². The second kappa shape index (κ2) is 13.3. The zero-order valence-electron chi connectivity index (χ0n) is 39.2. The van der Waals surface area contributed by atoms with Gasteiger partial charge in [0.05, 0.1) is 16.4 Å². The van der Waals surface area contributed by atoms with Crippen LogP contribution in [0.25, 0.3) is 66.1 Å². The molecule has 9 aromatic rings. The van der Waals surface area contributed by atoms with Crippen molar-refractivity contribution in [1.29, 1.82) is 0 Å². The summed E-state index contributed by atoms with van der Waals surface area (Å²) in [7, 11) is 0. The van der Waals surface area contributed by atoms with Crippen LogP contribution >= 0.6 is 0 Å². The van der Waals surface area contributed by atoms with E-state index in [1.165, 1.54) is 0 Å². The van der Waals surface area contributed by atoms with Crippen LogP contribution < -0.4 is 4.90 Å². The van der Waals surface area contributed by atoms with Gasteiger partial charge in [0, 0.05) is 17.1 Å². The lowest BCUT2D eigenvalue weighted by atomic mass is 9.97. The summed E-state index contributed by atoms with van der Waals surface area (Å²) in [6.45, 7) is 0. The molecule has 0 spiro atoms. The molecule has 1 nitrogen and oxygen atoms in total. The van der Waals surface area contributed by atoms with Gasteiger partial charge in [0.2, 0.25) is 0 Å². The Balaban J connectivity index is 1.38. The zero-order valence-corrected chi connectivity index (χ0v) is 27.2. The molecule has 0 amide bonds. The van der Waals surface area contributed by atoms with Crippen LogP contribution in [0.2, 0.25) is 0 Å². The smallest absolute Gasteiger partial charge is 0.0651 e. The summed E-state index contributed by atoms with van der Waals surface area (Å²) in [5.41, 5.74) is 1.00. The summed E-state index contributed by atoms with van der Waals surface area (Å²) in [6.07, 6.45) is 0. The largest absolute Gasteiger partial charge is 0.310 e. The molecule has 0 fully saturated rings. The van der Waals surface area contributed by atoms with Crippen molar-refractivity contribution in [3.63, 3.8) is 0 Å². The molecule has 0 aromatic heterocycles. The van der Waals surface area contributed by atoms with Gasteiger partial charge < -0.3 is 4.90 Å². The first-order chi connectivity index (χ1) is 30.3. The van der Waals surface area contributed by atoms with Crippen molar-refractivity contribution >= 4 is 38.6 Å². The lowest BCUT2D eigenvalue weighted by Gasteiger charge is -2.26. The molecule has 0 saturated carbocycles. The zero-order chi connectivity index (χ0) is 44.4. The van der Waals surface area contributed by atoms with E-state index >= 15 is 0 Å². The Morgan fingerprint density at radius 2 is 0.824 bits per heavy atom. The molecular weight excluding hydrogens is 615 g/mol. The molecule has 0 bridgehead atoms. The molecular formula is C50H35N. The Bertz CT molecular complexity index is 3260. The number of hydrogen-bond acceptors (Lipinski definition) is 1. The minimum Gasteiger partial charge on any atom is -0.310 e. The minimum atomic E-state index is -0.722. The Morgan fingerprint density at radius 1 is 0.333 bits per heavy atom. The Hall–Kier alpha value is -6.70. The quantitative estimate of drug-likeness (QED) is 0.164. The van der Waals surface area contributed by atoms with Gasteiger partial charge in [-0.05, 0) is 108 Å². The number of nitrogens with zero attached hydrogens (tertiary/aromatic N) is 1. The summed E-state index contributed by atoms with van der Waals surface area (Å²) in [5.74, 6) is 0. The maximum Gasteiger partial charge on any atom is 0.0651 e. The molecule has 0 heterocycles. The van der Waals surface area contributed by atoms with E-state index in [1.54, 1.807) is 60.7 Å². The van der Waals surface area contributed by atoms with Crippen LogP contribution in [0.3, 0.4) is 0 Å². The average Bonchev–Trinajstić information content (AvgIpc) is 3.30. The molecule has 1 heteroatoms. The van der Waals surface area contributed by atoms with E-state index in [4.69, 9.17) is 2.74 Å². The SMILES string of the molecule is [2H]c1c([2H])c(-c2cccc3ccccc23)c([2H])c(N(c2c([2H])c([2H])c(-c3cccc(-c4ccccc4)c3)c([2H])c2[2H])c2c([2H])c([2H])c(-c3cccc4ccccc34)c([2H])c2[2H])c1[2H]. The number of hydrogen-bond donors (Lipinski definition) is 0. The summed E-state index contributed by atoms with van der Waals surface area (Å²) in [5, 5.41) is 2.87. The van der Waals surface area contributed by atoms with Crippen LogP contribution in [-0.2, 0) is 0 Å². The van der Waals surface area contributed by atoms with Crippen molar-refractivity contribution in [3.05, 3.63) is 212 Å². The molecule has 9 rings (SSSR count). The van der Waals surface area contributed by atoms with Gasteiger partial charge in [0.25, 0.3) is 0 Å². The Kier molecular flexibility index (Phi) is 5.24. The van der Waals surface area contributed by atoms with Crippen molar-refractivity contribution in [2.24, 2.45) is 0 Å². The number of rotatable bonds is 7. The highest BCUT2D eigenvalue weighted by molar-refractivity contribution is 5.98. The highest BCUT2D eigenvalue weighted by Crippen LogP contribution is 2.40. The third kappa shape index (κ3) is 5.96. The topological polar surface area (TPSA) is 3.24 Å². The van der Waals surface area contributed by atoms with Crippen LogP contribution in [0.4, 0.5) is 17.1 Å². The van der Waals surface area contributed by atoms with Crippen molar-refractivity contribution in [3.8, 4) is 44.5 Å².